The summed E-state index contributed by atoms with van der Waals surface area (Å²) in [5.74, 6) is 0. The molecule has 0 saturated carbocycles. The minimum absolute atomic E-state index is 0.565. The molecule has 7 nitrogen and oxygen atoms in total. The maximum atomic E-state index is 11.6. The van der Waals surface area contributed by atoms with Crippen LogP contribution < -0.4 is 11.2 Å². The number of aromatic nitrogens is 2. The van der Waals surface area contributed by atoms with Crippen molar-refractivity contribution in [1.82, 2.24) is 9.55 Å². The molecule has 2 N–H and O–H groups in total. The maximum absolute atomic E-state index is 11.6. The van der Waals surface area contributed by atoms with Crippen LogP contribution in [0.25, 0.3) is 0 Å². The lowest BCUT2D eigenvalue weighted by Gasteiger charge is -2.24. The summed E-state index contributed by atoms with van der Waals surface area (Å²) in [4.78, 5) is 24.6. The molecule has 18 heavy (non-hydrogen) atoms. The Kier molecular flexibility index (Phi) is 3.65. The molecule has 9 heteroatoms. The molecule has 0 spiro atoms. The summed E-state index contributed by atoms with van der Waals surface area (Å²) in [6.45, 7) is -0.699. The van der Waals surface area contributed by atoms with Gasteiger partial charge in [-0.05, 0) is 0 Å². The van der Waals surface area contributed by atoms with E-state index in [4.69, 9.17) is 16.3 Å². The van der Waals surface area contributed by atoms with Gasteiger partial charge in [-0.1, -0.05) is 27.5 Å². The SMILES string of the molecule is [O]C[C@H]1O[C@@H](n2ccc(=O)[nH]c2=O)[C@](Cl)(Br)[C@@H]1O. The first-order valence-corrected chi connectivity index (χ1v) is 6.16. The summed E-state index contributed by atoms with van der Waals surface area (Å²) in [6, 6.07) is 1.11. The van der Waals surface area contributed by atoms with Crippen LogP contribution >= 0.6 is 27.5 Å². The fraction of sp³-hybridized carbons (Fsp3) is 0.556. The molecule has 0 aromatic carbocycles. The van der Waals surface area contributed by atoms with Gasteiger partial charge in [-0.15, -0.1) is 0 Å². The van der Waals surface area contributed by atoms with Crippen LogP contribution in [-0.4, -0.2) is 37.3 Å². The highest BCUT2D eigenvalue weighted by molar-refractivity contribution is 9.10. The van der Waals surface area contributed by atoms with E-state index in [0.717, 1.165) is 10.6 Å². The zero-order valence-electron chi connectivity index (χ0n) is 8.88. The number of aliphatic hydroxyl groups is 1. The van der Waals surface area contributed by atoms with Crippen molar-refractivity contribution < 1.29 is 14.9 Å². The summed E-state index contributed by atoms with van der Waals surface area (Å²) >= 11 is 9.10. The Balaban J connectivity index is 2.45. The molecule has 2 heterocycles. The maximum Gasteiger partial charge on any atom is 0.330 e. The van der Waals surface area contributed by atoms with Crippen LogP contribution in [0, 0.1) is 0 Å². The predicted octanol–water partition coefficient (Wildman–Crippen LogP) is -0.445. The summed E-state index contributed by atoms with van der Waals surface area (Å²) in [5, 5.41) is 20.6. The third kappa shape index (κ3) is 2.14. The Hall–Kier alpha value is -0.670. The number of aliphatic hydroxyl groups excluding tert-OH is 1. The van der Waals surface area contributed by atoms with Gasteiger partial charge in [0.1, 0.15) is 18.8 Å². The molecule has 0 aliphatic carbocycles. The van der Waals surface area contributed by atoms with Gasteiger partial charge in [-0.3, -0.25) is 14.3 Å². The monoisotopic (exact) mass is 339 g/mol. The molecule has 1 aromatic rings. The minimum atomic E-state index is -1.51. The number of nitrogens with one attached hydrogen (secondary N) is 1. The lowest BCUT2D eigenvalue weighted by molar-refractivity contribution is -0.0599. The van der Waals surface area contributed by atoms with Gasteiger partial charge in [0, 0.05) is 12.3 Å². The summed E-state index contributed by atoms with van der Waals surface area (Å²) in [6.07, 6.45) is -2.23. The van der Waals surface area contributed by atoms with Crippen molar-refractivity contribution in [3.63, 3.8) is 0 Å². The molecular formula is C9H9BrClN2O5. The van der Waals surface area contributed by atoms with E-state index < -0.39 is 40.1 Å². The Morgan fingerprint density at radius 3 is 2.78 bits per heavy atom. The van der Waals surface area contributed by atoms with Crippen molar-refractivity contribution in [2.75, 3.05) is 6.61 Å². The Bertz CT molecular complexity index is 556. The van der Waals surface area contributed by atoms with E-state index in [1.165, 1.54) is 6.20 Å². The molecule has 99 valence electrons. The highest BCUT2D eigenvalue weighted by atomic mass is 79.9. The number of alkyl halides is 2. The molecule has 1 aliphatic heterocycles. The van der Waals surface area contributed by atoms with Gasteiger partial charge >= 0.3 is 5.69 Å². The Morgan fingerprint density at radius 1 is 1.61 bits per heavy atom. The zero-order valence-corrected chi connectivity index (χ0v) is 11.2. The van der Waals surface area contributed by atoms with Crippen LogP contribution in [0.15, 0.2) is 21.9 Å². The molecule has 0 bridgehead atoms. The molecule has 1 aliphatic rings. The van der Waals surface area contributed by atoms with Gasteiger partial charge in [0.05, 0.1) is 0 Å². The molecule has 2 rings (SSSR count). The second-order valence-electron chi connectivity index (χ2n) is 3.83. The van der Waals surface area contributed by atoms with Crippen LogP contribution in [0.5, 0.6) is 0 Å². The Labute approximate surface area is 114 Å². The lowest BCUT2D eigenvalue weighted by Crippen LogP contribution is -2.40. The first kappa shape index (κ1) is 13.8. The zero-order chi connectivity index (χ0) is 13.5. The third-order valence-electron chi connectivity index (χ3n) is 2.65. The number of halogens is 2. The van der Waals surface area contributed by atoms with Crippen LogP contribution in [0.2, 0.25) is 0 Å². The van der Waals surface area contributed by atoms with E-state index in [1.807, 2.05) is 4.98 Å². The summed E-state index contributed by atoms with van der Waals surface area (Å²) < 4.78 is 4.74. The highest BCUT2D eigenvalue weighted by Gasteiger charge is 2.55. The van der Waals surface area contributed by atoms with Crippen LogP contribution in [0.3, 0.4) is 0 Å². The van der Waals surface area contributed by atoms with Crippen molar-refractivity contribution >= 4 is 27.5 Å². The fourth-order valence-electron chi connectivity index (χ4n) is 1.72. The van der Waals surface area contributed by atoms with Gasteiger partial charge in [-0.25, -0.2) is 9.90 Å². The van der Waals surface area contributed by atoms with E-state index in [9.17, 15) is 19.8 Å². The minimum Gasteiger partial charge on any atom is -0.387 e. The predicted molar refractivity (Wildman–Crippen MR) is 64.3 cm³/mol. The quantitative estimate of drug-likeness (QED) is 0.712. The topological polar surface area (TPSA) is 104 Å². The summed E-state index contributed by atoms with van der Waals surface area (Å²) in [5.41, 5.74) is -1.30. The van der Waals surface area contributed by atoms with E-state index in [2.05, 4.69) is 15.9 Å². The number of rotatable bonds is 2. The van der Waals surface area contributed by atoms with E-state index >= 15 is 0 Å². The number of ether oxygens (including phenoxy) is 1. The molecule has 0 unspecified atom stereocenters. The normalized spacial score (nSPS) is 35.9. The number of hydrogen-bond acceptors (Lipinski definition) is 4. The van der Waals surface area contributed by atoms with Crippen LogP contribution in [0.4, 0.5) is 0 Å². The second-order valence-corrected chi connectivity index (χ2v) is 6.22. The van der Waals surface area contributed by atoms with Crippen molar-refractivity contribution in [2.24, 2.45) is 0 Å². The highest BCUT2D eigenvalue weighted by Crippen LogP contribution is 2.47. The van der Waals surface area contributed by atoms with Crippen LogP contribution in [-0.2, 0) is 9.84 Å². The number of hydrogen-bond donors (Lipinski definition) is 2. The first-order chi connectivity index (χ1) is 8.37. The average molecular weight is 341 g/mol. The van der Waals surface area contributed by atoms with E-state index in [-0.39, 0.29) is 0 Å². The molecule has 0 amide bonds. The standard InChI is InChI=1S/C9H9BrClN2O5/c10-9(11)6(16)4(3-14)18-7(9)13-2-1-5(15)12-8(13)17/h1-2,4,6-7,16H,3H2,(H,12,15,17)/t4-,6-,7-,9+/m1/s1. The molecule has 4 atom stereocenters. The molecule has 1 radical (unpaired) electrons. The van der Waals surface area contributed by atoms with E-state index in [1.54, 1.807) is 0 Å². The first-order valence-electron chi connectivity index (χ1n) is 4.99. The van der Waals surface area contributed by atoms with Gasteiger partial charge < -0.3 is 9.84 Å². The number of aromatic amines is 1. The average Bonchev–Trinajstić information content (AvgIpc) is 2.52. The van der Waals surface area contributed by atoms with Crippen LogP contribution in [0.1, 0.15) is 6.23 Å². The van der Waals surface area contributed by atoms with Crippen molar-refractivity contribution in [3.8, 4) is 0 Å². The molecular weight excluding hydrogens is 331 g/mol. The van der Waals surface area contributed by atoms with Gasteiger partial charge in [-0.2, -0.15) is 0 Å². The largest absolute Gasteiger partial charge is 0.387 e. The van der Waals surface area contributed by atoms with Crippen molar-refractivity contribution in [1.29, 1.82) is 0 Å². The number of nitrogens with zero attached hydrogens (tertiary/aromatic N) is 1. The summed E-state index contributed by atoms with van der Waals surface area (Å²) in [7, 11) is 0. The fourth-order valence-corrected chi connectivity index (χ4v) is 2.64. The molecule has 1 fully saturated rings. The smallest absolute Gasteiger partial charge is 0.330 e. The lowest BCUT2D eigenvalue weighted by atomic mass is 10.2. The number of H-pyrrole nitrogens is 1. The van der Waals surface area contributed by atoms with Gasteiger partial charge in [0.25, 0.3) is 5.56 Å². The van der Waals surface area contributed by atoms with Gasteiger partial charge in [0.2, 0.25) is 0 Å². The van der Waals surface area contributed by atoms with E-state index in [0.29, 0.717) is 0 Å². The second kappa shape index (κ2) is 4.78. The molecule has 1 aromatic heterocycles. The van der Waals surface area contributed by atoms with Crippen molar-refractivity contribution in [2.45, 2.75) is 22.2 Å². The Morgan fingerprint density at radius 2 is 2.28 bits per heavy atom. The van der Waals surface area contributed by atoms with Crippen molar-refractivity contribution in [3.05, 3.63) is 33.1 Å². The third-order valence-corrected chi connectivity index (χ3v) is 3.92. The molecule has 1 saturated heterocycles. The van der Waals surface area contributed by atoms with Gasteiger partial charge in [0.15, 0.2) is 10.0 Å².